The minimum Gasteiger partial charge on any atom is -0.465 e. The van der Waals surface area contributed by atoms with Gasteiger partial charge in [0, 0.05) is 37.4 Å². The van der Waals surface area contributed by atoms with Gasteiger partial charge < -0.3 is 40.7 Å². The summed E-state index contributed by atoms with van der Waals surface area (Å²) in [5.74, 6) is 4.19. The number of nitrogens with one attached hydrogen (secondary N) is 2. The maximum atomic E-state index is 12.2. The molecule has 0 saturated heterocycles. The summed E-state index contributed by atoms with van der Waals surface area (Å²) < 4.78 is 11.4. The summed E-state index contributed by atoms with van der Waals surface area (Å²) in [4.78, 5) is 28.5. The zero-order valence-electron chi connectivity index (χ0n) is 21.6. The third-order valence-corrected chi connectivity index (χ3v) is 7.36. The van der Waals surface area contributed by atoms with Crippen molar-refractivity contribution in [1.29, 1.82) is 0 Å². The highest BCUT2D eigenvalue weighted by molar-refractivity contribution is 8.76. The molecule has 6 N–H and O–H groups in total. The van der Waals surface area contributed by atoms with E-state index in [0.29, 0.717) is 50.5 Å². The van der Waals surface area contributed by atoms with Crippen LogP contribution in [0, 0.1) is 0 Å². The number of amides is 2. The van der Waals surface area contributed by atoms with Gasteiger partial charge >= 0.3 is 0 Å². The van der Waals surface area contributed by atoms with E-state index in [9.17, 15) is 9.59 Å². The molecule has 12 heteroatoms. The molecule has 0 radical (unpaired) electrons. The summed E-state index contributed by atoms with van der Waals surface area (Å²) >= 11 is 0. The average molecular weight is 541 g/mol. The summed E-state index contributed by atoms with van der Waals surface area (Å²) in [6, 6.07) is 6.24. The number of nitrogens with two attached hydrogens (primary N) is 2. The summed E-state index contributed by atoms with van der Waals surface area (Å²) in [7, 11) is 11.1. The Morgan fingerprint density at radius 2 is 1.11 bits per heavy atom. The Hall–Kier alpha value is -1.96. The Bertz CT molecular complexity index is 859. The second-order valence-corrected chi connectivity index (χ2v) is 11.8. The molecule has 0 spiro atoms. The lowest BCUT2D eigenvalue weighted by atomic mass is 10.1. The number of carbonyl (C=O) groups is 2. The van der Waals surface area contributed by atoms with E-state index in [1.54, 1.807) is 21.6 Å². The lowest BCUT2D eigenvalue weighted by molar-refractivity contribution is -0.123. The first-order valence-corrected chi connectivity index (χ1v) is 14.4. The van der Waals surface area contributed by atoms with Crippen LogP contribution in [-0.4, -0.2) is 86.5 Å². The Balaban J connectivity index is 1.51. The van der Waals surface area contributed by atoms with E-state index < -0.39 is 12.1 Å². The first-order valence-electron chi connectivity index (χ1n) is 11.9. The predicted molar refractivity (Wildman–Crippen MR) is 146 cm³/mol. The van der Waals surface area contributed by atoms with Crippen molar-refractivity contribution in [3.63, 3.8) is 0 Å². The SMILES string of the molecule is CN(C)Cc1ccc(CC(N)C(=O)NCCSSCCNC(=O)C(N)Cc2ccc(CN(C)C)o2)o1. The van der Waals surface area contributed by atoms with Crippen LogP contribution in [0.3, 0.4) is 0 Å². The maximum Gasteiger partial charge on any atom is 0.237 e. The van der Waals surface area contributed by atoms with Gasteiger partial charge in [0.05, 0.1) is 25.2 Å². The number of carbonyl (C=O) groups excluding carboxylic acids is 2. The van der Waals surface area contributed by atoms with Crippen molar-refractivity contribution in [3.8, 4) is 0 Å². The fourth-order valence-electron chi connectivity index (χ4n) is 3.29. The highest BCUT2D eigenvalue weighted by atomic mass is 33.1. The van der Waals surface area contributed by atoms with Gasteiger partial charge in [-0.05, 0) is 52.5 Å². The molecule has 202 valence electrons. The van der Waals surface area contributed by atoms with E-state index in [1.807, 2.05) is 62.3 Å². The fraction of sp³-hybridized carbons (Fsp3) is 0.583. The molecule has 2 heterocycles. The first-order chi connectivity index (χ1) is 17.1. The molecule has 0 aliphatic rings. The second kappa shape index (κ2) is 16.0. The molecule has 2 amide bonds. The third-order valence-electron chi connectivity index (χ3n) is 4.95. The van der Waals surface area contributed by atoms with Crippen molar-refractivity contribution >= 4 is 33.4 Å². The molecule has 2 aromatic rings. The van der Waals surface area contributed by atoms with Gasteiger partial charge in [0.15, 0.2) is 0 Å². The van der Waals surface area contributed by atoms with E-state index >= 15 is 0 Å². The summed E-state index contributed by atoms with van der Waals surface area (Å²) in [5.41, 5.74) is 12.0. The quantitative estimate of drug-likeness (QED) is 0.170. The Kier molecular flexibility index (Phi) is 13.5. The van der Waals surface area contributed by atoms with E-state index in [2.05, 4.69) is 10.6 Å². The first kappa shape index (κ1) is 30.3. The van der Waals surface area contributed by atoms with Crippen LogP contribution >= 0.6 is 21.6 Å². The van der Waals surface area contributed by atoms with Crippen LogP contribution in [-0.2, 0) is 35.5 Å². The van der Waals surface area contributed by atoms with Crippen molar-refractivity contribution in [2.75, 3.05) is 52.8 Å². The number of rotatable bonds is 17. The van der Waals surface area contributed by atoms with E-state index in [4.69, 9.17) is 20.3 Å². The summed E-state index contributed by atoms with van der Waals surface area (Å²) in [5, 5.41) is 5.71. The molecule has 0 bridgehead atoms. The number of hydrogen-bond donors (Lipinski definition) is 4. The lowest BCUT2D eigenvalue weighted by Crippen LogP contribution is -2.42. The van der Waals surface area contributed by atoms with Crippen LogP contribution in [0.2, 0.25) is 0 Å². The van der Waals surface area contributed by atoms with Crippen LogP contribution in [0.15, 0.2) is 33.1 Å². The second-order valence-electron chi connectivity index (χ2n) is 9.06. The van der Waals surface area contributed by atoms with Gasteiger partial charge in [0.1, 0.15) is 23.0 Å². The smallest absolute Gasteiger partial charge is 0.237 e. The molecule has 0 aliphatic carbocycles. The highest BCUT2D eigenvalue weighted by Crippen LogP contribution is 2.19. The van der Waals surface area contributed by atoms with Gasteiger partial charge in [-0.1, -0.05) is 21.6 Å². The van der Waals surface area contributed by atoms with Gasteiger partial charge in [-0.15, -0.1) is 0 Å². The molecule has 36 heavy (non-hydrogen) atoms. The van der Waals surface area contributed by atoms with Gasteiger partial charge in [-0.25, -0.2) is 0 Å². The van der Waals surface area contributed by atoms with Gasteiger partial charge in [0.25, 0.3) is 0 Å². The van der Waals surface area contributed by atoms with Crippen LogP contribution in [0.1, 0.15) is 23.0 Å². The minimum absolute atomic E-state index is 0.196. The average Bonchev–Trinajstić information content (AvgIpc) is 3.43. The van der Waals surface area contributed by atoms with Crippen LogP contribution < -0.4 is 22.1 Å². The van der Waals surface area contributed by atoms with Crippen LogP contribution in [0.25, 0.3) is 0 Å². The summed E-state index contributed by atoms with van der Waals surface area (Å²) in [6.07, 6.45) is 0.723. The van der Waals surface area contributed by atoms with Crippen LogP contribution in [0.5, 0.6) is 0 Å². The minimum atomic E-state index is -0.652. The van der Waals surface area contributed by atoms with Gasteiger partial charge in [-0.2, -0.15) is 0 Å². The molecule has 0 fully saturated rings. The normalized spacial score (nSPS) is 13.2. The van der Waals surface area contributed by atoms with Crippen molar-refractivity contribution in [2.24, 2.45) is 11.5 Å². The molecule has 0 aliphatic heterocycles. The number of furan rings is 2. The number of hydrogen-bond acceptors (Lipinski definition) is 10. The van der Waals surface area contributed by atoms with Gasteiger partial charge in [-0.3, -0.25) is 9.59 Å². The van der Waals surface area contributed by atoms with Crippen LogP contribution in [0.4, 0.5) is 0 Å². The molecule has 2 atom stereocenters. The highest BCUT2D eigenvalue weighted by Gasteiger charge is 2.17. The van der Waals surface area contributed by atoms with Crippen molar-refractivity contribution < 1.29 is 18.4 Å². The van der Waals surface area contributed by atoms with Crippen molar-refractivity contribution in [2.45, 2.75) is 38.0 Å². The van der Waals surface area contributed by atoms with Crippen molar-refractivity contribution in [3.05, 3.63) is 47.3 Å². The zero-order valence-corrected chi connectivity index (χ0v) is 23.3. The maximum absolute atomic E-state index is 12.2. The topological polar surface area (TPSA) is 143 Å². The molecule has 2 unspecified atom stereocenters. The van der Waals surface area contributed by atoms with Gasteiger partial charge in [0.2, 0.25) is 11.8 Å². The molecule has 0 aromatic carbocycles. The third kappa shape index (κ3) is 11.8. The lowest BCUT2D eigenvalue weighted by Gasteiger charge is -2.12. The largest absolute Gasteiger partial charge is 0.465 e. The molecule has 0 saturated carbocycles. The fourth-order valence-corrected chi connectivity index (χ4v) is 5.10. The Labute approximate surface area is 221 Å². The van der Waals surface area contributed by atoms with E-state index in [-0.39, 0.29) is 11.8 Å². The Morgan fingerprint density at radius 3 is 1.47 bits per heavy atom. The molecule has 10 nitrogen and oxygen atoms in total. The number of nitrogens with zero attached hydrogens (tertiary/aromatic N) is 2. The van der Waals surface area contributed by atoms with E-state index in [1.165, 1.54) is 0 Å². The Morgan fingerprint density at radius 1 is 0.750 bits per heavy atom. The molecule has 2 rings (SSSR count). The monoisotopic (exact) mass is 540 g/mol. The standard InChI is InChI=1S/C24H40N6O4S2/c1-29(2)15-19-7-5-17(33-19)13-21(25)23(31)27-9-11-35-36-12-10-28-24(32)22(26)14-18-6-8-20(34-18)16-30(3)4/h5-8,21-22H,9-16,25-26H2,1-4H3,(H,27,31)(H,28,32). The van der Waals surface area contributed by atoms with Crippen molar-refractivity contribution in [1.82, 2.24) is 20.4 Å². The molecular formula is C24H40N6O4S2. The molecular weight excluding hydrogens is 500 g/mol. The molecule has 2 aromatic heterocycles. The zero-order chi connectivity index (χ0) is 26.5. The van der Waals surface area contributed by atoms with E-state index in [0.717, 1.165) is 23.0 Å². The predicted octanol–water partition coefficient (Wildman–Crippen LogP) is 1.05. The summed E-state index contributed by atoms with van der Waals surface area (Å²) in [6.45, 7) is 2.44.